The van der Waals surface area contributed by atoms with E-state index in [-0.39, 0.29) is 12.6 Å². The zero-order valence-electron chi connectivity index (χ0n) is 10.4. The van der Waals surface area contributed by atoms with Gasteiger partial charge in [0.1, 0.15) is 0 Å². The van der Waals surface area contributed by atoms with Crippen molar-refractivity contribution >= 4 is 10.0 Å². The van der Waals surface area contributed by atoms with Gasteiger partial charge in [0.05, 0.1) is 5.25 Å². The fraction of sp³-hybridized carbons (Fsp3) is 1.00. The van der Waals surface area contributed by atoms with Crippen LogP contribution in [-0.4, -0.2) is 62.6 Å². The maximum absolute atomic E-state index is 12.2. The number of likely N-dealkylation sites (N-methyl/N-ethyl adjacent to an activating group) is 1. The summed E-state index contributed by atoms with van der Waals surface area (Å²) < 4.78 is 26.0. The predicted octanol–water partition coefficient (Wildman–Crippen LogP) is -0.311. The van der Waals surface area contributed by atoms with Crippen molar-refractivity contribution in [2.24, 2.45) is 5.73 Å². The number of rotatable bonds is 5. The molecule has 1 aliphatic heterocycles. The summed E-state index contributed by atoms with van der Waals surface area (Å²) in [5.74, 6) is 0. The van der Waals surface area contributed by atoms with E-state index in [4.69, 9.17) is 5.73 Å². The minimum atomic E-state index is -3.20. The van der Waals surface area contributed by atoms with Gasteiger partial charge < -0.3 is 10.6 Å². The lowest BCUT2D eigenvalue weighted by molar-refractivity contribution is 0.289. The molecule has 0 aromatic heterocycles. The Balaban J connectivity index is 2.78. The van der Waals surface area contributed by atoms with Gasteiger partial charge in [0.2, 0.25) is 10.0 Å². The molecule has 0 saturated carbocycles. The summed E-state index contributed by atoms with van der Waals surface area (Å²) in [5.41, 5.74) is 5.46. The van der Waals surface area contributed by atoms with Gasteiger partial charge in [-0.25, -0.2) is 8.42 Å². The number of hydrogen-bond donors (Lipinski definition) is 1. The highest BCUT2D eigenvalue weighted by atomic mass is 32.2. The Labute approximate surface area is 98.6 Å². The number of nitrogens with zero attached hydrogens (tertiary/aromatic N) is 2. The van der Waals surface area contributed by atoms with E-state index < -0.39 is 15.3 Å². The maximum atomic E-state index is 12.2. The molecule has 0 aromatic rings. The molecule has 1 aliphatic rings. The molecule has 2 N–H and O–H groups in total. The van der Waals surface area contributed by atoms with Gasteiger partial charge in [0.15, 0.2) is 0 Å². The van der Waals surface area contributed by atoms with Gasteiger partial charge in [-0.2, -0.15) is 4.31 Å². The van der Waals surface area contributed by atoms with Crippen molar-refractivity contribution in [3.63, 3.8) is 0 Å². The minimum absolute atomic E-state index is 0.119. The van der Waals surface area contributed by atoms with Crippen molar-refractivity contribution in [1.29, 1.82) is 0 Å². The highest BCUT2D eigenvalue weighted by molar-refractivity contribution is 7.89. The molecule has 2 atom stereocenters. The highest BCUT2D eigenvalue weighted by Crippen LogP contribution is 2.23. The van der Waals surface area contributed by atoms with Crippen molar-refractivity contribution in [3.8, 4) is 0 Å². The molecule has 0 bridgehead atoms. The molecular formula is C10H23N3O2S. The summed E-state index contributed by atoms with van der Waals surface area (Å²) in [5, 5.41) is -0.477. The summed E-state index contributed by atoms with van der Waals surface area (Å²) in [6.07, 6.45) is 1.91. The molecule has 0 aliphatic carbocycles. The van der Waals surface area contributed by atoms with Crippen LogP contribution in [0, 0.1) is 0 Å². The molecular weight excluding hydrogens is 226 g/mol. The fourth-order valence-corrected chi connectivity index (χ4v) is 3.78. The lowest BCUT2D eigenvalue weighted by atomic mass is 10.2. The second-order valence-electron chi connectivity index (χ2n) is 4.76. The first-order chi connectivity index (χ1) is 7.39. The van der Waals surface area contributed by atoms with E-state index >= 15 is 0 Å². The van der Waals surface area contributed by atoms with E-state index in [1.54, 1.807) is 11.2 Å². The number of hydrogen-bond acceptors (Lipinski definition) is 4. The summed E-state index contributed by atoms with van der Waals surface area (Å²) >= 11 is 0. The van der Waals surface area contributed by atoms with Gasteiger partial charge in [0.25, 0.3) is 0 Å². The average Bonchev–Trinajstić information content (AvgIpc) is 2.64. The van der Waals surface area contributed by atoms with Crippen molar-refractivity contribution < 1.29 is 8.42 Å². The second-order valence-corrected chi connectivity index (χ2v) is 7.06. The first kappa shape index (κ1) is 13.9. The minimum Gasteiger partial charge on any atom is -0.329 e. The smallest absolute Gasteiger partial charge is 0.218 e. The molecule has 5 nitrogen and oxygen atoms in total. The molecule has 2 unspecified atom stereocenters. The molecule has 6 heteroatoms. The Bertz CT molecular complexity index is 316. The van der Waals surface area contributed by atoms with Crippen molar-refractivity contribution in [2.75, 3.05) is 33.7 Å². The third kappa shape index (κ3) is 2.94. The third-order valence-corrected chi connectivity index (χ3v) is 5.41. The average molecular weight is 249 g/mol. The summed E-state index contributed by atoms with van der Waals surface area (Å²) in [7, 11) is 0.734. The largest absolute Gasteiger partial charge is 0.329 e. The van der Waals surface area contributed by atoms with Crippen LogP contribution in [0.1, 0.15) is 19.8 Å². The van der Waals surface area contributed by atoms with Crippen LogP contribution in [0.15, 0.2) is 0 Å². The molecule has 1 saturated heterocycles. The molecule has 1 heterocycles. The van der Waals surface area contributed by atoms with Gasteiger partial charge in [-0.3, -0.25) is 0 Å². The Morgan fingerprint density at radius 1 is 1.50 bits per heavy atom. The van der Waals surface area contributed by atoms with Crippen LogP contribution in [0.2, 0.25) is 0 Å². The second kappa shape index (κ2) is 5.44. The highest BCUT2D eigenvalue weighted by Gasteiger charge is 2.36. The predicted molar refractivity (Wildman–Crippen MR) is 65.7 cm³/mol. The van der Waals surface area contributed by atoms with Crippen LogP contribution in [-0.2, 0) is 10.0 Å². The van der Waals surface area contributed by atoms with E-state index in [1.165, 1.54) is 0 Å². The lowest BCUT2D eigenvalue weighted by Gasteiger charge is -2.28. The molecule has 1 rings (SSSR count). The first-order valence-electron chi connectivity index (χ1n) is 5.75. The van der Waals surface area contributed by atoms with Crippen LogP contribution in [0.25, 0.3) is 0 Å². The van der Waals surface area contributed by atoms with Crippen molar-refractivity contribution in [2.45, 2.75) is 31.1 Å². The van der Waals surface area contributed by atoms with Crippen LogP contribution >= 0.6 is 0 Å². The summed E-state index contributed by atoms with van der Waals surface area (Å²) in [6, 6.07) is 0.119. The van der Waals surface area contributed by atoms with Crippen molar-refractivity contribution in [3.05, 3.63) is 0 Å². The van der Waals surface area contributed by atoms with Crippen LogP contribution < -0.4 is 5.73 Å². The van der Waals surface area contributed by atoms with Gasteiger partial charge >= 0.3 is 0 Å². The van der Waals surface area contributed by atoms with Crippen LogP contribution in [0.4, 0.5) is 0 Å². The molecule has 0 radical (unpaired) electrons. The fourth-order valence-electron chi connectivity index (χ4n) is 2.10. The van der Waals surface area contributed by atoms with E-state index in [1.807, 2.05) is 19.0 Å². The standard InChI is InChI=1S/C10H23N3O2S/c1-9(7-11)16(14,15)13-6-4-5-10(13)8-12(2)3/h9-10H,4-8,11H2,1-3H3. The van der Waals surface area contributed by atoms with Gasteiger partial charge in [-0.05, 0) is 33.9 Å². The zero-order chi connectivity index (χ0) is 12.3. The van der Waals surface area contributed by atoms with E-state index in [0.717, 1.165) is 19.4 Å². The molecule has 0 amide bonds. The Morgan fingerprint density at radius 2 is 2.12 bits per heavy atom. The van der Waals surface area contributed by atoms with Crippen LogP contribution in [0.3, 0.4) is 0 Å². The first-order valence-corrected chi connectivity index (χ1v) is 7.25. The zero-order valence-corrected chi connectivity index (χ0v) is 11.2. The third-order valence-electron chi connectivity index (χ3n) is 3.07. The number of nitrogens with two attached hydrogens (primary N) is 1. The molecule has 1 fully saturated rings. The molecule has 96 valence electrons. The van der Waals surface area contributed by atoms with Gasteiger partial charge in [0, 0.05) is 25.7 Å². The van der Waals surface area contributed by atoms with E-state index in [2.05, 4.69) is 0 Å². The van der Waals surface area contributed by atoms with E-state index in [9.17, 15) is 8.42 Å². The van der Waals surface area contributed by atoms with Crippen molar-refractivity contribution in [1.82, 2.24) is 9.21 Å². The Hall–Kier alpha value is -0.170. The van der Waals surface area contributed by atoms with Crippen LogP contribution in [0.5, 0.6) is 0 Å². The van der Waals surface area contributed by atoms with Gasteiger partial charge in [-0.15, -0.1) is 0 Å². The Morgan fingerprint density at radius 3 is 2.62 bits per heavy atom. The Kier molecular flexibility index (Phi) is 4.73. The SMILES string of the molecule is CC(CN)S(=O)(=O)N1CCCC1CN(C)C. The number of sulfonamides is 1. The maximum Gasteiger partial charge on any atom is 0.218 e. The molecule has 16 heavy (non-hydrogen) atoms. The summed E-state index contributed by atoms with van der Waals surface area (Å²) in [4.78, 5) is 2.03. The normalized spacial score (nSPS) is 25.2. The monoisotopic (exact) mass is 249 g/mol. The molecule has 0 spiro atoms. The molecule has 0 aromatic carbocycles. The van der Waals surface area contributed by atoms with Gasteiger partial charge in [-0.1, -0.05) is 0 Å². The topological polar surface area (TPSA) is 66.6 Å². The summed E-state index contributed by atoms with van der Waals surface area (Å²) in [6.45, 7) is 3.30. The quantitative estimate of drug-likeness (QED) is 0.726. The van der Waals surface area contributed by atoms with E-state index in [0.29, 0.717) is 6.54 Å². The lowest BCUT2D eigenvalue weighted by Crippen LogP contribution is -2.46.